The lowest BCUT2D eigenvalue weighted by atomic mass is 9.81. The Morgan fingerprint density at radius 2 is 1.38 bits per heavy atom. The normalized spacial score (nSPS) is 47.3. The molecule has 0 aromatic carbocycles. The first-order valence-corrected chi connectivity index (χ1v) is 14.7. The second kappa shape index (κ2) is 15.2. The number of hydrogen-bond donors (Lipinski definition) is 11. The molecule has 0 radical (unpaired) electrons. The molecular weight excluding hydrogens is 634 g/mol. The fourth-order valence-corrected chi connectivity index (χ4v) is 5.98. The van der Waals surface area contributed by atoms with E-state index in [0.29, 0.717) is 12.8 Å². The molecule has 3 unspecified atom stereocenters. The molecule has 17 nitrogen and oxygen atoms in total. The van der Waals surface area contributed by atoms with Crippen LogP contribution in [0.4, 0.5) is 0 Å². The third-order valence-corrected chi connectivity index (χ3v) is 8.86. The number of alkyl halides is 1. The van der Waals surface area contributed by atoms with Crippen molar-refractivity contribution >= 4 is 21.7 Å². The lowest BCUT2D eigenvalue weighted by Crippen LogP contribution is -2.73. The molecule has 14 N–H and O–H groups in total. The van der Waals surface area contributed by atoms with Crippen LogP contribution in [0.2, 0.25) is 0 Å². The zero-order chi connectivity index (χ0) is 31.5. The molecule has 3 rings (SSSR count). The number of rotatable bonds is 12. The van der Waals surface area contributed by atoms with Gasteiger partial charge in [-0.2, -0.15) is 0 Å². The Morgan fingerprint density at radius 3 is 1.93 bits per heavy atom. The van der Waals surface area contributed by atoms with Crippen LogP contribution < -0.4 is 17.2 Å². The number of hydrogen-bond acceptors (Lipinski definition) is 17. The standard InChI is InChI=1S/C24H44BrN3O14/c1-2-3-4-8(25)19(35)24(7-31)20(36)16(34)13(28)23(42-24)41-18-10(6-30)39-22(12(27)15(18)33)40-17-9(5-29)38-21(37)11(26)14(17)32/h8-18,20-23,29-34,36-37H,2-7,26-28H2,1H3/t8?,9-,10-,11-,12-,13-,14-,15-,16-,17?,18?,20+,21-,22+,23+,24+/m1/s1. The van der Waals surface area contributed by atoms with Gasteiger partial charge in [-0.3, -0.25) is 4.79 Å². The van der Waals surface area contributed by atoms with E-state index in [4.69, 9.17) is 40.9 Å². The summed E-state index contributed by atoms with van der Waals surface area (Å²) >= 11 is 3.25. The van der Waals surface area contributed by atoms with Crippen LogP contribution in [0.1, 0.15) is 26.2 Å². The number of carbonyl (C=O) groups excluding carboxylic acids is 1. The topological polar surface area (TPSA) is 303 Å². The van der Waals surface area contributed by atoms with E-state index in [1.807, 2.05) is 6.92 Å². The van der Waals surface area contributed by atoms with E-state index >= 15 is 0 Å². The Morgan fingerprint density at radius 1 is 0.857 bits per heavy atom. The minimum atomic E-state index is -2.34. The molecule has 42 heavy (non-hydrogen) atoms. The molecule has 16 atom stereocenters. The van der Waals surface area contributed by atoms with Crippen molar-refractivity contribution in [2.45, 2.75) is 122 Å². The van der Waals surface area contributed by atoms with Crippen LogP contribution in [0.5, 0.6) is 0 Å². The summed E-state index contributed by atoms with van der Waals surface area (Å²) in [6, 6.07) is -4.22. The number of ketones is 1. The molecule has 0 aromatic rings. The summed E-state index contributed by atoms with van der Waals surface area (Å²) < 4.78 is 28.1. The van der Waals surface area contributed by atoms with E-state index in [2.05, 4.69) is 15.9 Å². The number of unbranched alkanes of at least 4 members (excludes halogenated alkanes) is 1. The van der Waals surface area contributed by atoms with E-state index in [1.165, 1.54) is 0 Å². The Hall–Kier alpha value is -0.490. The Labute approximate surface area is 250 Å². The van der Waals surface area contributed by atoms with Crippen molar-refractivity contribution in [1.82, 2.24) is 0 Å². The number of carbonyl (C=O) groups is 1. The van der Waals surface area contributed by atoms with Crippen LogP contribution in [-0.2, 0) is 28.5 Å². The smallest absolute Gasteiger partial charge is 0.183 e. The molecule has 3 aliphatic rings. The van der Waals surface area contributed by atoms with Gasteiger partial charge in [0.25, 0.3) is 0 Å². The van der Waals surface area contributed by atoms with Gasteiger partial charge in [-0.1, -0.05) is 35.7 Å². The zero-order valence-electron chi connectivity index (χ0n) is 23.0. The van der Waals surface area contributed by atoms with Gasteiger partial charge in [0.2, 0.25) is 0 Å². The summed E-state index contributed by atoms with van der Waals surface area (Å²) in [6.07, 6.45) is -15.5. The summed E-state index contributed by atoms with van der Waals surface area (Å²) in [4.78, 5) is 12.5. The average Bonchev–Trinajstić information content (AvgIpc) is 2.99. The first-order chi connectivity index (χ1) is 19.8. The predicted molar refractivity (Wildman–Crippen MR) is 143 cm³/mol. The number of nitrogens with two attached hydrogens (primary N) is 3. The summed E-state index contributed by atoms with van der Waals surface area (Å²) in [6.45, 7) is -0.593. The molecule has 0 aliphatic carbocycles. The van der Waals surface area contributed by atoms with E-state index in [-0.39, 0.29) is 0 Å². The lowest BCUT2D eigenvalue weighted by molar-refractivity contribution is -0.355. The quantitative estimate of drug-likeness (QED) is 0.0857. The van der Waals surface area contributed by atoms with Crippen LogP contribution in [-0.4, -0.2) is 163 Å². The van der Waals surface area contributed by atoms with Gasteiger partial charge in [-0.15, -0.1) is 0 Å². The third kappa shape index (κ3) is 7.00. The second-order valence-corrected chi connectivity index (χ2v) is 11.9. The summed E-state index contributed by atoms with van der Waals surface area (Å²) in [5.41, 5.74) is 15.6. The highest BCUT2D eigenvalue weighted by Crippen LogP contribution is 2.36. The molecular formula is C24H44BrN3O14. The monoisotopic (exact) mass is 677 g/mol. The molecule has 0 amide bonds. The third-order valence-electron chi connectivity index (χ3n) is 7.99. The highest BCUT2D eigenvalue weighted by molar-refractivity contribution is 9.10. The van der Waals surface area contributed by atoms with Crippen molar-refractivity contribution < 1.29 is 69.3 Å². The van der Waals surface area contributed by atoms with Crippen molar-refractivity contribution in [2.75, 3.05) is 19.8 Å². The summed E-state index contributed by atoms with van der Waals surface area (Å²) in [5.74, 6) is -0.759. The van der Waals surface area contributed by atoms with Crippen molar-refractivity contribution in [2.24, 2.45) is 17.2 Å². The minimum Gasteiger partial charge on any atom is -0.394 e. The van der Waals surface area contributed by atoms with Crippen molar-refractivity contribution in [1.29, 1.82) is 0 Å². The Kier molecular flexibility index (Phi) is 13.0. The largest absolute Gasteiger partial charge is 0.394 e. The maximum absolute atomic E-state index is 13.3. The van der Waals surface area contributed by atoms with Gasteiger partial charge in [-0.05, 0) is 6.42 Å². The summed E-state index contributed by atoms with van der Waals surface area (Å²) in [7, 11) is 0. The maximum Gasteiger partial charge on any atom is 0.183 e. The minimum absolute atomic E-state index is 0.348. The molecule has 0 saturated carbocycles. The number of halogens is 1. The van der Waals surface area contributed by atoms with Gasteiger partial charge in [0.05, 0.1) is 42.8 Å². The van der Waals surface area contributed by atoms with Crippen molar-refractivity contribution in [3.63, 3.8) is 0 Å². The van der Waals surface area contributed by atoms with Gasteiger partial charge >= 0.3 is 0 Å². The molecule has 3 aliphatic heterocycles. The molecule has 0 spiro atoms. The van der Waals surface area contributed by atoms with Gasteiger partial charge < -0.3 is 81.7 Å². The molecule has 3 heterocycles. The molecule has 0 bridgehead atoms. The van der Waals surface area contributed by atoms with Crippen LogP contribution in [0.15, 0.2) is 0 Å². The van der Waals surface area contributed by atoms with Crippen LogP contribution in [0.25, 0.3) is 0 Å². The van der Waals surface area contributed by atoms with Gasteiger partial charge in [0, 0.05) is 0 Å². The van der Waals surface area contributed by atoms with Crippen molar-refractivity contribution in [3.05, 3.63) is 0 Å². The fourth-order valence-electron chi connectivity index (χ4n) is 5.27. The lowest BCUT2D eigenvalue weighted by Gasteiger charge is -2.51. The second-order valence-electron chi connectivity index (χ2n) is 10.8. The predicted octanol–water partition coefficient (Wildman–Crippen LogP) is -5.78. The number of aliphatic hydroxyl groups is 8. The van der Waals surface area contributed by atoms with E-state index in [0.717, 1.165) is 6.42 Å². The van der Waals surface area contributed by atoms with Gasteiger partial charge in [0.15, 0.2) is 30.3 Å². The van der Waals surface area contributed by atoms with E-state index < -0.39 is 122 Å². The highest BCUT2D eigenvalue weighted by atomic mass is 79.9. The van der Waals surface area contributed by atoms with Crippen molar-refractivity contribution in [3.8, 4) is 0 Å². The molecule has 18 heteroatoms. The first kappa shape index (κ1) is 36.0. The van der Waals surface area contributed by atoms with E-state index in [9.17, 15) is 45.6 Å². The van der Waals surface area contributed by atoms with Gasteiger partial charge in [-0.25, -0.2) is 0 Å². The average molecular weight is 679 g/mol. The summed E-state index contributed by atoms with van der Waals surface area (Å²) in [5, 5.41) is 82.8. The Balaban J connectivity index is 1.80. The van der Waals surface area contributed by atoms with Crippen LogP contribution >= 0.6 is 15.9 Å². The number of ether oxygens (including phenoxy) is 5. The molecule has 246 valence electrons. The SMILES string of the molecule is CCCCC(Br)C(=O)[C@]1(CO)O[C@H](OC2[C@@H](CO)O[C@@H](OC3[C@@H](CO)O[C@@H](O)[C@H](N)[C@H]3O)[C@H](N)[C@H]2O)[C@H](N)[C@@H](O)[C@@H]1O. The maximum atomic E-state index is 13.3. The van der Waals surface area contributed by atoms with Crippen LogP contribution in [0, 0.1) is 0 Å². The van der Waals surface area contributed by atoms with E-state index in [1.54, 1.807) is 0 Å². The van der Waals surface area contributed by atoms with Gasteiger partial charge in [0.1, 0.15) is 48.8 Å². The van der Waals surface area contributed by atoms with Crippen LogP contribution in [0.3, 0.4) is 0 Å². The Bertz CT molecular complexity index is 878. The molecule has 3 saturated heterocycles. The zero-order valence-corrected chi connectivity index (χ0v) is 24.6. The number of aliphatic hydroxyl groups excluding tert-OH is 8. The first-order valence-electron chi connectivity index (χ1n) is 13.8. The highest BCUT2D eigenvalue weighted by Gasteiger charge is 2.60. The molecule has 0 aromatic heterocycles. The fraction of sp³-hybridized carbons (Fsp3) is 0.958. The molecule has 3 fully saturated rings. The number of Topliss-reactive ketones (excluding diaryl/α,β-unsaturated/α-hetero) is 1.